The molecular formula is C13H21N3O. The number of benzene rings is 1. The Morgan fingerprint density at radius 1 is 1.18 bits per heavy atom. The number of hydrogen-bond acceptors (Lipinski definition) is 4. The minimum atomic E-state index is 0.241. The standard InChI is InChI=1S/C13H21N3O/c14-5-7-16(8-6-15)10-12-9-11-3-1-2-4-13(11)17-12/h1-4,12H,5-10,14-15H2. The van der Waals surface area contributed by atoms with Crippen LogP contribution in [0.3, 0.4) is 0 Å². The summed E-state index contributed by atoms with van der Waals surface area (Å²) < 4.78 is 5.91. The van der Waals surface area contributed by atoms with E-state index in [1.807, 2.05) is 12.1 Å². The van der Waals surface area contributed by atoms with Crippen molar-refractivity contribution in [3.8, 4) is 5.75 Å². The molecule has 1 aromatic carbocycles. The molecule has 4 heteroatoms. The van der Waals surface area contributed by atoms with Crippen LogP contribution in [0.25, 0.3) is 0 Å². The maximum absolute atomic E-state index is 5.91. The maximum Gasteiger partial charge on any atom is 0.123 e. The zero-order valence-electron chi connectivity index (χ0n) is 10.1. The molecule has 0 radical (unpaired) electrons. The van der Waals surface area contributed by atoms with Crippen LogP contribution in [0.5, 0.6) is 5.75 Å². The molecule has 2 rings (SSSR count). The van der Waals surface area contributed by atoms with Crippen molar-refractivity contribution in [2.75, 3.05) is 32.7 Å². The molecule has 0 fully saturated rings. The Hall–Kier alpha value is -1.10. The monoisotopic (exact) mass is 235 g/mol. The number of ether oxygens (including phenoxy) is 1. The molecule has 0 amide bonds. The smallest absolute Gasteiger partial charge is 0.123 e. The summed E-state index contributed by atoms with van der Waals surface area (Å²) in [5.41, 5.74) is 12.5. The van der Waals surface area contributed by atoms with Crippen molar-refractivity contribution in [3.63, 3.8) is 0 Å². The van der Waals surface area contributed by atoms with Gasteiger partial charge in [0, 0.05) is 39.1 Å². The maximum atomic E-state index is 5.91. The molecule has 0 bridgehead atoms. The van der Waals surface area contributed by atoms with E-state index in [1.165, 1.54) is 5.56 Å². The largest absolute Gasteiger partial charge is 0.488 e. The Bertz CT molecular complexity index is 325. The van der Waals surface area contributed by atoms with Crippen LogP contribution in [0.15, 0.2) is 24.3 Å². The van der Waals surface area contributed by atoms with Gasteiger partial charge in [0.05, 0.1) is 0 Å². The third kappa shape index (κ3) is 3.19. The van der Waals surface area contributed by atoms with Crippen LogP contribution < -0.4 is 16.2 Å². The fourth-order valence-electron chi connectivity index (χ4n) is 2.30. The number of fused-ring (bicyclic) bond motifs is 1. The van der Waals surface area contributed by atoms with E-state index in [2.05, 4.69) is 17.0 Å². The van der Waals surface area contributed by atoms with Crippen molar-refractivity contribution in [2.45, 2.75) is 12.5 Å². The van der Waals surface area contributed by atoms with Crippen molar-refractivity contribution >= 4 is 0 Å². The van der Waals surface area contributed by atoms with Crippen LogP contribution in [-0.2, 0) is 6.42 Å². The van der Waals surface area contributed by atoms with Crippen molar-refractivity contribution in [3.05, 3.63) is 29.8 Å². The Morgan fingerprint density at radius 3 is 2.53 bits per heavy atom. The lowest BCUT2D eigenvalue weighted by Crippen LogP contribution is -2.40. The molecule has 0 saturated heterocycles. The lowest BCUT2D eigenvalue weighted by molar-refractivity contribution is 0.155. The third-order valence-electron chi connectivity index (χ3n) is 3.07. The van der Waals surface area contributed by atoms with Gasteiger partial charge in [0.15, 0.2) is 0 Å². The molecule has 17 heavy (non-hydrogen) atoms. The Labute approximate surface area is 103 Å². The molecule has 4 nitrogen and oxygen atoms in total. The van der Waals surface area contributed by atoms with Crippen molar-refractivity contribution in [1.82, 2.24) is 4.90 Å². The first kappa shape index (κ1) is 12.4. The topological polar surface area (TPSA) is 64.5 Å². The van der Waals surface area contributed by atoms with Gasteiger partial charge in [-0.25, -0.2) is 0 Å². The van der Waals surface area contributed by atoms with Crippen LogP contribution in [-0.4, -0.2) is 43.7 Å². The summed E-state index contributed by atoms with van der Waals surface area (Å²) in [5.74, 6) is 1.03. The highest BCUT2D eigenvalue weighted by Gasteiger charge is 2.23. The van der Waals surface area contributed by atoms with Crippen LogP contribution in [0.4, 0.5) is 0 Å². The summed E-state index contributed by atoms with van der Waals surface area (Å²) in [6.45, 7) is 4.00. The van der Waals surface area contributed by atoms with Gasteiger partial charge >= 0.3 is 0 Å². The van der Waals surface area contributed by atoms with E-state index < -0.39 is 0 Å². The Morgan fingerprint density at radius 2 is 1.88 bits per heavy atom. The van der Waals surface area contributed by atoms with Gasteiger partial charge in [-0.05, 0) is 11.6 Å². The number of nitrogens with two attached hydrogens (primary N) is 2. The van der Waals surface area contributed by atoms with Crippen LogP contribution in [0, 0.1) is 0 Å². The molecule has 1 heterocycles. The quantitative estimate of drug-likeness (QED) is 0.740. The van der Waals surface area contributed by atoms with E-state index in [0.29, 0.717) is 13.1 Å². The van der Waals surface area contributed by atoms with Crippen molar-refractivity contribution in [2.24, 2.45) is 11.5 Å². The zero-order chi connectivity index (χ0) is 12.1. The normalized spacial score (nSPS) is 18.2. The number of nitrogens with zero attached hydrogens (tertiary/aromatic N) is 1. The number of para-hydroxylation sites is 1. The Balaban J connectivity index is 1.89. The summed E-state index contributed by atoms with van der Waals surface area (Å²) in [6.07, 6.45) is 1.23. The average Bonchev–Trinajstić information content (AvgIpc) is 2.71. The number of hydrogen-bond donors (Lipinski definition) is 2. The fourth-order valence-corrected chi connectivity index (χ4v) is 2.30. The van der Waals surface area contributed by atoms with Gasteiger partial charge in [0.2, 0.25) is 0 Å². The molecule has 1 unspecified atom stereocenters. The second kappa shape index (κ2) is 6.00. The molecule has 0 aliphatic carbocycles. The van der Waals surface area contributed by atoms with Gasteiger partial charge in [0.25, 0.3) is 0 Å². The molecule has 0 aromatic heterocycles. The van der Waals surface area contributed by atoms with E-state index in [-0.39, 0.29) is 6.10 Å². The molecule has 0 saturated carbocycles. The highest BCUT2D eigenvalue weighted by atomic mass is 16.5. The first-order chi connectivity index (χ1) is 8.33. The van der Waals surface area contributed by atoms with E-state index in [1.54, 1.807) is 0 Å². The predicted molar refractivity (Wildman–Crippen MR) is 69.1 cm³/mol. The van der Waals surface area contributed by atoms with Gasteiger partial charge in [0.1, 0.15) is 11.9 Å². The van der Waals surface area contributed by atoms with Gasteiger partial charge in [-0.2, -0.15) is 0 Å². The first-order valence-electron chi connectivity index (χ1n) is 6.20. The number of rotatable bonds is 6. The average molecular weight is 235 g/mol. The minimum Gasteiger partial charge on any atom is -0.488 e. The fraction of sp³-hybridized carbons (Fsp3) is 0.538. The zero-order valence-corrected chi connectivity index (χ0v) is 10.1. The molecule has 1 aliphatic rings. The van der Waals surface area contributed by atoms with Crippen LogP contribution >= 0.6 is 0 Å². The van der Waals surface area contributed by atoms with Gasteiger partial charge in [-0.15, -0.1) is 0 Å². The van der Waals surface area contributed by atoms with Crippen LogP contribution in [0.1, 0.15) is 5.56 Å². The molecule has 1 aromatic rings. The SMILES string of the molecule is NCCN(CCN)CC1Cc2ccccc2O1. The third-order valence-corrected chi connectivity index (χ3v) is 3.07. The minimum absolute atomic E-state index is 0.241. The van der Waals surface area contributed by atoms with Gasteiger partial charge < -0.3 is 16.2 Å². The van der Waals surface area contributed by atoms with Gasteiger partial charge in [-0.1, -0.05) is 18.2 Å². The van der Waals surface area contributed by atoms with E-state index in [4.69, 9.17) is 16.2 Å². The summed E-state index contributed by atoms with van der Waals surface area (Å²) >= 11 is 0. The molecule has 1 aliphatic heterocycles. The highest BCUT2D eigenvalue weighted by molar-refractivity contribution is 5.37. The first-order valence-corrected chi connectivity index (χ1v) is 6.20. The van der Waals surface area contributed by atoms with E-state index in [0.717, 1.165) is 31.8 Å². The second-order valence-corrected chi connectivity index (χ2v) is 4.43. The molecule has 1 atom stereocenters. The Kier molecular flexibility index (Phi) is 4.36. The molecule has 94 valence electrons. The van der Waals surface area contributed by atoms with Crippen molar-refractivity contribution < 1.29 is 4.74 Å². The molecule has 4 N–H and O–H groups in total. The summed E-state index contributed by atoms with van der Waals surface area (Å²) in [4.78, 5) is 2.27. The lowest BCUT2D eigenvalue weighted by Gasteiger charge is -2.23. The predicted octanol–water partition coefficient (Wildman–Crippen LogP) is 0.210. The van der Waals surface area contributed by atoms with E-state index >= 15 is 0 Å². The molecule has 0 spiro atoms. The van der Waals surface area contributed by atoms with Gasteiger partial charge in [-0.3, -0.25) is 4.90 Å². The van der Waals surface area contributed by atoms with Crippen molar-refractivity contribution in [1.29, 1.82) is 0 Å². The molecular weight excluding hydrogens is 214 g/mol. The summed E-state index contributed by atoms with van der Waals surface area (Å²) in [7, 11) is 0. The summed E-state index contributed by atoms with van der Waals surface area (Å²) in [5, 5.41) is 0. The second-order valence-electron chi connectivity index (χ2n) is 4.43. The summed E-state index contributed by atoms with van der Waals surface area (Å²) in [6, 6.07) is 8.23. The lowest BCUT2D eigenvalue weighted by atomic mass is 10.1. The van der Waals surface area contributed by atoms with E-state index in [9.17, 15) is 0 Å². The highest BCUT2D eigenvalue weighted by Crippen LogP contribution is 2.28. The van der Waals surface area contributed by atoms with Crippen LogP contribution in [0.2, 0.25) is 0 Å².